The van der Waals surface area contributed by atoms with E-state index in [0.717, 1.165) is 43.4 Å². The first kappa shape index (κ1) is 22.6. The number of nitrogens with zero attached hydrogens (tertiary/aromatic N) is 1. The molecule has 32 heavy (non-hydrogen) atoms. The molecular formula is C26H34N2O4. The van der Waals surface area contributed by atoms with Crippen LogP contribution in [0.25, 0.3) is 0 Å². The zero-order chi connectivity index (χ0) is 22.3. The monoisotopic (exact) mass is 438 g/mol. The van der Waals surface area contributed by atoms with Crippen LogP contribution in [-0.4, -0.2) is 54.5 Å². The maximum atomic E-state index is 11.8. The summed E-state index contributed by atoms with van der Waals surface area (Å²) in [6.07, 6.45) is 4.47. The van der Waals surface area contributed by atoms with Crippen LogP contribution in [0.2, 0.25) is 0 Å². The Hall–Kier alpha value is -2.57. The highest BCUT2D eigenvalue weighted by molar-refractivity contribution is 5.66. The van der Waals surface area contributed by atoms with Crippen molar-refractivity contribution in [3.8, 4) is 5.75 Å². The summed E-state index contributed by atoms with van der Waals surface area (Å²) in [5.74, 6) is 1.44. The molecule has 0 bridgehead atoms. The third kappa shape index (κ3) is 5.61. The second-order valence-corrected chi connectivity index (χ2v) is 8.89. The van der Waals surface area contributed by atoms with Crippen LogP contribution in [0, 0.1) is 0 Å². The summed E-state index contributed by atoms with van der Waals surface area (Å²) < 4.78 is 11.5. The molecule has 6 nitrogen and oxygen atoms in total. The third-order valence-corrected chi connectivity index (χ3v) is 6.97. The van der Waals surface area contributed by atoms with E-state index in [0.29, 0.717) is 25.6 Å². The molecule has 2 fully saturated rings. The average Bonchev–Trinajstić information content (AvgIpc) is 3.26. The SMILES string of the molecule is COc1ccc(CN[C@@H]2CCN(C(=O)O)[C@@H]2CO[C@H]2CC[C@@H](c3ccccc3)CC2)cc1. The van der Waals surface area contributed by atoms with Crippen LogP contribution in [0.5, 0.6) is 5.75 Å². The summed E-state index contributed by atoms with van der Waals surface area (Å²) in [6.45, 7) is 1.69. The molecule has 1 saturated heterocycles. The van der Waals surface area contributed by atoms with Gasteiger partial charge < -0.3 is 24.8 Å². The minimum absolute atomic E-state index is 0.0915. The van der Waals surface area contributed by atoms with Crippen molar-refractivity contribution >= 4 is 6.09 Å². The number of nitrogens with one attached hydrogen (secondary N) is 1. The second-order valence-electron chi connectivity index (χ2n) is 8.89. The first-order valence-electron chi connectivity index (χ1n) is 11.7. The van der Waals surface area contributed by atoms with Crippen LogP contribution in [0.4, 0.5) is 4.79 Å². The lowest BCUT2D eigenvalue weighted by Crippen LogP contribution is -2.47. The van der Waals surface area contributed by atoms with Crippen molar-refractivity contribution in [1.29, 1.82) is 0 Å². The molecule has 1 heterocycles. The van der Waals surface area contributed by atoms with Gasteiger partial charge in [-0.05, 0) is 61.3 Å². The Labute approximate surface area is 190 Å². The van der Waals surface area contributed by atoms with Crippen LogP contribution in [0.15, 0.2) is 54.6 Å². The van der Waals surface area contributed by atoms with Crippen molar-refractivity contribution in [3.63, 3.8) is 0 Å². The number of ether oxygens (including phenoxy) is 2. The molecule has 1 aliphatic carbocycles. The van der Waals surface area contributed by atoms with Gasteiger partial charge in [0.15, 0.2) is 0 Å². The van der Waals surface area contributed by atoms with E-state index in [-0.39, 0.29) is 18.2 Å². The molecule has 0 aromatic heterocycles. The number of amides is 1. The van der Waals surface area contributed by atoms with E-state index in [9.17, 15) is 9.90 Å². The van der Waals surface area contributed by atoms with Gasteiger partial charge in [0.05, 0.1) is 25.9 Å². The van der Waals surface area contributed by atoms with Gasteiger partial charge in [0.2, 0.25) is 0 Å². The first-order valence-corrected chi connectivity index (χ1v) is 11.7. The number of carbonyl (C=O) groups is 1. The van der Waals surface area contributed by atoms with Crippen molar-refractivity contribution in [1.82, 2.24) is 10.2 Å². The molecule has 4 rings (SSSR count). The van der Waals surface area contributed by atoms with E-state index in [2.05, 4.69) is 35.6 Å². The minimum Gasteiger partial charge on any atom is -0.497 e. The Bertz CT molecular complexity index is 850. The van der Waals surface area contributed by atoms with Gasteiger partial charge in [0.1, 0.15) is 5.75 Å². The van der Waals surface area contributed by atoms with E-state index in [1.807, 2.05) is 24.3 Å². The lowest BCUT2D eigenvalue weighted by atomic mass is 9.83. The van der Waals surface area contributed by atoms with Crippen molar-refractivity contribution in [2.45, 2.75) is 62.8 Å². The topological polar surface area (TPSA) is 71.0 Å². The van der Waals surface area contributed by atoms with E-state index >= 15 is 0 Å². The predicted octanol–water partition coefficient (Wildman–Crippen LogP) is 4.65. The fourth-order valence-electron chi connectivity index (χ4n) is 5.05. The van der Waals surface area contributed by atoms with E-state index in [1.165, 1.54) is 5.56 Å². The Morgan fingerprint density at radius 2 is 1.75 bits per heavy atom. The molecule has 2 N–H and O–H groups in total. The van der Waals surface area contributed by atoms with E-state index < -0.39 is 6.09 Å². The molecule has 2 atom stereocenters. The Morgan fingerprint density at radius 3 is 2.41 bits per heavy atom. The van der Waals surface area contributed by atoms with Crippen LogP contribution < -0.4 is 10.1 Å². The average molecular weight is 439 g/mol. The number of methoxy groups -OCH3 is 1. The Kier molecular flexibility index (Phi) is 7.66. The van der Waals surface area contributed by atoms with Crippen LogP contribution in [0.1, 0.15) is 49.1 Å². The molecule has 0 unspecified atom stereocenters. The van der Waals surface area contributed by atoms with Gasteiger partial charge in [-0.3, -0.25) is 0 Å². The molecule has 2 aromatic rings. The normalized spacial score (nSPS) is 25.6. The summed E-state index contributed by atoms with van der Waals surface area (Å²) in [7, 11) is 1.66. The molecule has 172 valence electrons. The van der Waals surface area contributed by atoms with Crippen molar-refractivity contribution < 1.29 is 19.4 Å². The zero-order valence-electron chi connectivity index (χ0n) is 18.8. The summed E-state index contributed by atoms with van der Waals surface area (Å²) >= 11 is 0. The number of hydrogen-bond donors (Lipinski definition) is 2. The molecule has 1 saturated carbocycles. The van der Waals surface area contributed by atoms with Crippen molar-refractivity contribution in [3.05, 3.63) is 65.7 Å². The maximum absolute atomic E-state index is 11.8. The molecule has 1 amide bonds. The molecule has 0 spiro atoms. The zero-order valence-corrected chi connectivity index (χ0v) is 18.8. The van der Waals surface area contributed by atoms with Crippen LogP contribution >= 0.6 is 0 Å². The number of carboxylic acid groups (broad SMARTS) is 1. The summed E-state index contributed by atoms with van der Waals surface area (Å²) in [5, 5.41) is 13.2. The smallest absolute Gasteiger partial charge is 0.407 e. The van der Waals surface area contributed by atoms with E-state index in [4.69, 9.17) is 9.47 Å². The van der Waals surface area contributed by atoms with Gasteiger partial charge in [-0.1, -0.05) is 42.5 Å². The van der Waals surface area contributed by atoms with Gasteiger partial charge in [-0.2, -0.15) is 0 Å². The highest BCUT2D eigenvalue weighted by Gasteiger charge is 2.37. The number of rotatable bonds is 8. The largest absolute Gasteiger partial charge is 0.497 e. The maximum Gasteiger partial charge on any atom is 0.407 e. The first-order chi connectivity index (χ1) is 15.6. The number of likely N-dealkylation sites (tertiary alicyclic amines) is 1. The molecule has 2 aromatic carbocycles. The summed E-state index contributed by atoms with van der Waals surface area (Å²) in [4.78, 5) is 13.3. The fraction of sp³-hybridized carbons (Fsp3) is 0.500. The number of benzene rings is 2. The van der Waals surface area contributed by atoms with Crippen molar-refractivity contribution in [2.75, 3.05) is 20.3 Å². The van der Waals surface area contributed by atoms with Gasteiger partial charge in [-0.15, -0.1) is 0 Å². The second kappa shape index (κ2) is 10.8. The Morgan fingerprint density at radius 1 is 1.03 bits per heavy atom. The lowest BCUT2D eigenvalue weighted by Gasteiger charge is -2.32. The van der Waals surface area contributed by atoms with Gasteiger partial charge in [-0.25, -0.2) is 4.79 Å². The third-order valence-electron chi connectivity index (χ3n) is 6.97. The summed E-state index contributed by atoms with van der Waals surface area (Å²) in [5.41, 5.74) is 2.57. The standard InChI is InChI=1S/C26H34N2O4/c1-31-22-11-7-19(8-12-22)17-27-24-15-16-28(26(29)30)25(24)18-32-23-13-9-21(10-14-23)20-5-3-2-4-6-20/h2-8,11-12,21,23-25,27H,9-10,13-18H2,1H3,(H,29,30)/t21-,23+,24-,25-/m1/s1. The van der Waals surface area contributed by atoms with Gasteiger partial charge in [0.25, 0.3) is 0 Å². The van der Waals surface area contributed by atoms with Crippen LogP contribution in [-0.2, 0) is 11.3 Å². The van der Waals surface area contributed by atoms with E-state index in [1.54, 1.807) is 12.0 Å². The minimum atomic E-state index is -0.861. The molecular weight excluding hydrogens is 404 g/mol. The quantitative estimate of drug-likeness (QED) is 0.628. The number of hydrogen-bond acceptors (Lipinski definition) is 4. The highest BCUT2D eigenvalue weighted by Crippen LogP contribution is 2.34. The summed E-state index contributed by atoms with van der Waals surface area (Å²) in [6, 6.07) is 18.6. The van der Waals surface area contributed by atoms with Gasteiger partial charge in [0, 0.05) is 19.1 Å². The molecule has 0 radical (unpaired) electrons. The lowest BCUT2D eigenvalue weighted by molar-refractivity contribution is -0.00519. The van der Waals surface area contributed by atoms with Crippen LogP contribution in [0.3, 0.4) is 0 Å². The van der Waals surface area contributed by atoms with Crippen molar-refractivity contribution in [2.24, 2.45) is 0 Å². The molecule has 1 aliphatic heterocycles. The fourth-order valence-corrected chi connectivity index (χ4v) is 5.05. The highest BCUT2D eigenvalue weighted by atomic mass is 16.5. The Balaban J connectivity index is 1.28. The molecule has 6 heteroatoms. The van der Waals surface area contributed by atoms with Gasteiger partial charge >= 0.3 is 6.09 Å². The molecule has 2 aliphatic rings. The predicted molar refractivity (Wildman–Crippen MR) is 124 cm³/mol.